The molecule has 0 radical (unpaired) electrons. The molecule has 1 aromatic rings. The first-order valence-corrected chi connectivity index (χ1v) is 7.07. The molecule has 0 bridgehead atoms. The lowest BCUT2D eigenvalue weighted by Crippen LogP contribution is -2.36. The van der Waals surface area contributed by atoms with E-state index in [1.165, 1.54) is 11.3 Å². The molecule has 1 aromatic heterocycles. The summed E-state index contributed by atoms with van der Waals surface area (Å²) in [5, 5.41) is 14.9. The summed E-state index contributed by atoms with van der Waals surface area (Å²) in [5.74, 6) is -0.875. The molecule has 0 spiro atoms. The lowest BCUT2D eigenvalue weighted by atomic mass is 10.2. The highest BCUT2D eigenvalue weighted by Crippen LogP contribution is 2.16. The zero-order chi connectivity index (χ0) is 13.5. The molecule has 102 valence electrons. The number of carboxylic acids is 1. The zero-order valence-electron chi connectivity index (χ0n) is 11.1. The van der Waals surface area contributed by atoms with Crippen molar-refractivity contribution in [3.8, 4) is 0 Å². The third-order valence-electron chi connectivity index (χ3n) is 2.85. The van der Waals surface area contributed by atoms with E-state index in [-0.39, 0.29) is 0 Å². The maximum atomic E-state index is 11.2. The van der Waals surface area contributed by atoms with E-state index in [1.54, 1.807) is 5.38 Å². The fraction of sp³-hybridized carbons (Fsp3) is 0.667. The van der Waals surface area contributed by atoms with Crippen LogP contribution in [0.2, 0.25) is 0 Å². The summed E-state index contributed by atoms with van der Waals surface area (Å²) in [4.78, 5) is 17.7. The highest BCUT2D eigenvalue weighted by Gasteiger charge is 2.21. The van der Waals surface area contributed by atoms with E-state index in [0.29, 0.717) is 12.2 Å². The van der Waals surface area contributed by atoms with Crippen LogP contribution in [0.3, 0.4) is 0 Å². The van der Waals surface area contributed by atoms with Gasteiger partial charge in [0.1, 0.15) is 6.04 Å². The van der Waals surface area contributed by atoms with Crippen molar-refractivity contribution < 1.29 is 9.90 Å². The lowest BCUT2D eigenvalue weighted by molar-refractivity contribution is -0.139. The summed E-state index contributed by atoms with van der Waals surface area (Å²) in [7, 11) is 0. The van der Waals surface area contributed by atoms with Crippen molar-refractivity contribution in [2.75, 3.05) is 26.2 Å². The molecule has 1 rings (SSSR count). The summed E-state index contributed by atoms with van der Waals surface area (Å²) < 4.78 is 0. The van der Waals surface area contributed by atoms with Crippen LogP contribution < -0.4 is 5.32 Å². The number of hydrogen-bond donors (Lipinski definition) is 2. The molecule has 0 saturated heterocycles. The predicted molar refractivity (Wildman–Crippen MR) is 73.0 cm³/mol. The van der Waals surface area contributed by atoms with Crippen LogP contribution in [-0.4, -0.2) is 47.1 Å². The Morgan fingerprint density at radius 3 is 2.67 bits per heavy atom. The molecule has 5 nitrogen and oxygen atoms in total. The highest BCUT2D eigenvalue weighted by molar-refractivity contribution is 7.09. The number of aryl methyl sites for hydroxylation is 1. The Labute approximate surface area is 112 Å². The maximum absolute atomic E-state index is 11.2. The minimum absolute atomic E-state index is 0.601. The summed E-state index contributed by atoms with van der Waals surface area (Å²) in [5.41, 5.74) is 0.601. The molecule has 0 aliphatic heterocycles. The van der Waals surface area contributed by atoms with E-state index in [1.807, 2.05) is 6.92 Å². The van der Waals surface area contributed by atoms with Crippen LogP contribution in [-0.2, 0) is 4.79 Å². The summed E-state index contributed by atoms with van der Waals surface area (Å²) in [6.45, 7) is 9.53. The average Bonchev–Trinajstić information content (AvgIpc) is 2.75. The molecule has 1 heterocycles. The van der Waals surface area contributed by atoms with Crippen molar-refractivity contribution in [1.29, 1.82) is 0 Å². The molecule has 0 saturated carbocycles. The molecular weight excluding hydrogens is 250 g/mol. The highest BCUT2D eigenvalue weighted by atomic mass is 32.1. The number of carboxylic acid groups (broad SMARTS) is 1. The van der Waals surface area contributed by atoms with Gasteiger partial charge in [-0.3, -0.25) is 10.1 Å². The number of nitrogens with zero attached hydrogens (tertiary/aromatic N) is 2. The SMILES string of the molecule is CCN(CC)CCNC(C(=O)O)c1csc(C)n1. The molecular formula is C12H21N3O2S. The molecule has 0 aliphatic carbocycles. The zero-order valence-corrected chi connectivity index (χ0v) is 12.0. The van der Waals surface area contributed by atoms with Gasteiger partial charge in [0.15, 0.2) is 0 Å². The number of thiazole rings is 1. The number of carbonyl (C=O) groups is 1. The van der Waals surface area contributed by atoms with E-state index >= 15 is 0 Å². The number of rotatable bonds is 8. The van der Waals surface area contributed by atoms with Gasteiger partial charge in [-0.1, -0.05) is 13.8 Å². The van der Waals surface area contributed by atoms with Crippen LogP contribution in [0, 0.1) is 6.92 Å². The molecule has 1 unspecified atom stereocenters. The van der Waals surface area contributed by atoms with Crippen LogP contribution in [0.1, 0.15) is 30.6 Å². The normalized spacial score (nSPS) is 12.9. The average molecular weight is 271 g/mol. The molecule has 1 atom stereocenters. The van der Waals surface area contributed by atoms with Gasteiger partial charge in [-0.25, -0.2) is 4.98 Å². The van der Waals surface area contributed by atoms with E-state index in [0.717, 1.165) is 24.6 Å². The topological polar surface area (TPSA) is 65.5 Å². The van der Waals surface area contributed by atoms with Gasteiger partial charge in [-0.2, -0.15) is 0 Å². The van der Waals surface area contributed by atoms with E-state index in [2.05, 4.69) is 29.0 Å². The van der Waals surface area contributed by atoms with Gasteiger partial charge in [0, 0.05) is 18.5 Å². The van der Waals surface area contributed by atoms with Crippen molar-refractivity contribution in [3.05, 3.63) is 16.1 Å². The fourth-order valence-corrected chi connectivity index (χ4v) is 2.38. The molecule has 0 amide bonds. The van der Waals surface area contributed by atoms with Crippen molar-refractivity contribution in [2.24, 2.45) is 0 Å². The third kappa shape index (κ3) is 4.36. The summed E-state index contributed by atoms with van der Waals surface area (Å²) >= 11 is 1.47. The Hall–Kier alpha value is -0.980. The van der Waals surface area contributed by atoms with Crippen LogP contribution in [0.4, 0.5) is 0 Å². The number of aromatic nitrogens is 1. The number of hydrogen-bond acceptors (Lipinski definition) is 5. The molecule has 0 aromatic carbocycles. The Kier molecular flexibility index (Phi) is 6.24. The molecule has 0 fully saturated rings. The van der Waals surface area contributed by atoms with Crippen molar-refractivity contribution in [2.45, 2.75) is 26.8 Å². The number of likely N-dealkylation sites (N-methyl/N-ethyl adjacent to an activating group) is 1. The van der Waals surface area contributed by atoms with Crippen LogP contribution in [0.15, 0.2) is 5.38 Å². The van der Waals surface area contributed by atoms with Gasteiger partial charge in [0.05, 0.1) is 10.7 Å². The number of nitrogens with one attached hydrogen (secondary N) is 1. The Balaban J connectivity index is 2.52. The van der Waals surface area contributed by atoms with E-state index in [9.17, 15) is 9.90 Å². The first-order chi connectivity index (χ1) is 8.58. The second-order valence-corrected chi connectivity index (χ2v) is 5.11. The van der Waals surface area contributed by atoms with Gasteiger partial charge >= 0.3 is 5.97 Å². The summed E-state index contributed by atoms with van der Waals surface area (Å²) in [6, 6.07) is -0.703. The standard InChI is InChI=1S/C12H21N3O2S/c1-4-15(5-2)7-6-13-11(12(16)17)10-8-18-9(3)14-10/h8,11,13H,4-7H2,1-3H3,(H,16,17). The van der Waals surface area contributed by atoms with Gasteiger partial charge in [-0.05, 0) is 20.0 Å². The predicted octanol–water partition coefficient (Wildman–Crippen LogP) is 1.51. The smallest absolute Gasteiger partial charge is 0.327 e. The molecule has 18 heavy (non-hydrogen) atoms. The Morgan fingerprint density at radius 1 is 1.56 bits per heavy atom. The molecule has 6 heteroatoms. The van der Waals surface area contributed by atoms with Crippen molar-refractivity contribution in [1.82, 2.24) is 15.2 Å². The van der Waals surface area contributed by atoms with Gasteiger partial charge < -0.3 is 10.0 Å². The largest absolute Gasteiger partial charge is 0.480 e. The first kappa shape index (κ1) is 15.1. The third-order valence-corrected chi connectivity index (χ3v) is 3.64. The minimum atomic E-state index is -0.875. The second kappa shape index (κ2) is 7.45. The molecule has 0 aliphatic rings. The fourth-order valence-electron chi connectivity index (χ4n) is 1.74. The Morgan fingerprint density at radius 2 is 2.22 bits per heavy atom. The van der Waals surface area contributed by atoms with Gasteiger partial charge in [0.2, 0.25) is 0 Å². The monoisotopic (exact) mass is 271 g/mol. The summed E-state index contributed by atoms with van der Waals surface area (Å²) in [6.07, 6.45) is 0. The van der Waals surface area contributed by atoms with Gasteiger partial charge in [-0.15, -0.1) is 11.3 Å². The van der Waals surface area contributed by atoms with Crippen molar-refractivity contribution in [3.63, 3.8) is 0 Å². The first-order valence-electron chi connectivity index (χ1n) is 6.19. The Bertz CT molecular complexity index is 377. The van der Waals surface area contributed by atoms with E-state index in [4.69, 9.17) is 0 Å². The maximum Gasteiger partial charge on any atom is 0.327 e. The van der Waals surface area contributed by atoms with Crippen LogP contribution in [0.5, 0.6) is 0 Å². The van der Waals surface area contributed by atoms with Crippen LogP contribution in [0.25, 0.3) is 0 Å². The van der Waals surface area contributed by atoms with E-state index < -0.39 is 12.0 Å². The van der Waals surface area contributed by atoms with Crippen LogP contribution >= 0.6 is 11.3 Å². The molecule has 2 N–H and O–H groups in total. The van der Waals surface area contributed by atoms with Gasteiger partial charge in [0.25, 0.3) is 0 Å². The lowest BCUT2D eigenvalue weighted by Gasteiger charge is -2.19. The minimum Gasteiger partial charge on any atom is -0.480 e. The van der Waals surface area contributed by atoms with Crippen molar-refractivity contribution >= 4 is 17.3 Å². The quantitative estimate of drug-likeness (QED) is 0.750. The second-order valence-electron chi connectivity index (χ2n) is 4.04. The number of aliphatic carboxylic acids is 1.